The number of halogens is 2. The summed E-state index contributed by atoms with van der Waals surface area (Å²) in [5, 5.41) is 3.75. The van der Waals surface area contributed by atoms with Gasteiger partial charge in [0.2, 0.25) is 0 Å². The lowest BCUT2D eigenvalue weighted by atomic mass is 9.82. The van der Waals surface area contributed by atoms with Crippen molar-refractivity contribution in [2.45, 2.75) is 44.7 Å². The molecule has 2 aliphatic heterocycles. The molecule has 1 N–H and O–H groups in total. The van der Waals surface area contributed by atoms with Crippen molar-refractivity contribution in [2.24, 2.45) is 0 Å². The highest BCUT2D eigenvalue weighted by Gasteiger charge is 2.43. The summed E-state index contributed by atoms with van der Waals surface area (Å²) in [5.41, 5.74) is 3.59. The number of fused-ring (bicyclic) bond motifs is 4. The molecular weight excluding hydrogens is 384 g/mol. The SMILES string of the molecule is CC(C)c1ncc2n1-c1ccncc1NC21CCN(Cc2ccc(F)cc2F)CC1. The van der Waals surface area contributed by atoms with Crippen LogP contribution in [0.5, 0.6) is 0 Å². The third-order valence-corrected chi connectivity index (χ3v) is 6.33. The van der Waals surface area contributed by atoms with E-state index in [-0.39, 0.29) is 5.54 Å². The molecule has 4 heterocycles. The van der Waals surface area contributed by atoms with Crippen molar-refractivity contribution in [3.8, 4) is 5.69 Å². The van der Waals surface area contributed by atoms with Gasteiger partial charge in [-0.3, -0.25) is 14.5 Å². The van der Waals surface area contributed by atoms with Crippen LogP contribution in [0.1, 0.15) is 49.7 Å². The van der Waals surface area contributed by atoms with Gasteiger partial charge in [-0.05, 0) is 25.0 Å². The van der Waals surface area contributed by atoms with E-state index in [2.05, 4.69) is 33.6 Å². The van der Waals surface area contributed by atoms with Crippen molar-refractivity contribution in [1.29, 1.82) is 0 Å². The number of aromatic nitrogens is 3. The molecule has 0 atom stereocenters. The first-order chi connectivity index (χ1) is 14.5. The van der Waals surface area contributed by atoms with Gasteiger partial charge in [-0.15, -0.1) is 0 Å². The predicted octanol–water partition coefficient (Wildman–Crippen LogP) is 4.59. The highest BCUT2D eigenvalue weighted by atomic mass is 19.1. The Balaban J connectivity index is 1.43. The molecular formula is C23H25F2N5. The molecule has 1 aromatic carbocycles. The van der Waals surface area contributed by atoms with Gasteiger partial charge in [-0.2, -0.15) is 0 Å². The van der Waals surface area contributed by atoms with E-state index in [4.69, 9.17) is 4.98 Å². The summed E-state index contributed by atoms with van der Waals surface area (Å²) in [5.74, 6) is 0.332. The zero-order valence-corrected chi connectivity index (χ0v) is 17.2. The average Bonchev–Trinajstić information content (AvgIpc) is 3.19. The second-order valence-electron chi connectivity index (χ2n) is 8.60. The van der Waals surface area contributed by atoms with Gasteiger partial charge >= 0.3 is 0 Å². The number of anilines is 1. The molecule has 5 nitrogen and oxygen atoms in total. The van der Waals surface area contributed by atoms with Crippen molar-refractivity contribution in [3.63, 3.8) is 0 Å². The first-order valence-corrected chi connectivity index (χ1v) is 10.4. The molecule has 156 valence electrons. The van der Waals surface area contributed by atoms with Crippen LogP contribution in [-0.2, 0) is 12.1 Å². The van der Waals surface area contributed by atoms with E-state index in [1.165, 1.54) is 11.8 Å². The minimum atomic E-state index is -0.540. The summed E-state index contributed by atoms with van der Waals surface area (Å²) in [6.07, 6.45) is 7.43. The zero-order chi connectivity index (χ0) is 20.9. The van der Waals surface area contributed by atoms with Crippen molar-refractivity contribution < 1.29 is 8.78 Å². The fraction of sp³-hybridized carbons (Fsp3) is 0.391. The summed E-state index contributed by atoms with van der Waals surface area (Å²) in [4.78, 5) is 11.3. The Bertz CT molecular complexity index is 1080. The number of benzene rings is 1. The Hall–Kier alpha value is -2.80. The lowest BCUT2D eigenvalue weighted by molar-refractivity contribution is 0.160. The Morgan fingerprint density at radius 3 is 2.67 bits per heavy atom. The van der Waals surface area contributed by atoms with E-state index >= 15 is 0 Å². The first-order valence-electron chi connectivity index (χ1n) is 10.4. The van der Waals surface area contributed by atoms with Gasteiger partial charge in [-0.25, -0.2) is 13.8 Å². The van der Waals surface area contributed by atoms with E-state index in [1.807, 2.05) is 24.7 Å². The number of hydrogen-bond donors (Lipinski definition) is 1. The molecule has 3 aromatic rings. The van der Waals surface area contributed by atoms with Gasteiger partial charge in [0.1, 0.15) is 17.5 Å². The minimum absolute atomic E-state index is 0.228. The van der Waals surface area contributed by atoms with E-state index in [0.29, 0.717) is 18.0 Å². The number of pyridine rings is 1. The molecule has 0 unspecified atom stereocenters. The van der Waals surface area contributed by atoms with E-state index in [0.717, 1.165) is 49.2 Å². The van der Waals surface area contributed by atoms with E-state index in [9.17, 15) is 8.78 Å². The number of nitrogens with zero attached hydrogens (tertiary/aromatic N) is 4. The molecule has 1 spiro atoms. The van der Waals surface area contributed by atoms with Crippen molar-refractivity contribution in [3.05, 3.63) is 71.6 Å². The summed E-state index contributed by atoms with van der Waals surface area (Å²) in [6, 6.07) is 5.85. The van der Waals surface area contributed by atoms with Gasteiger partial charge in [0.15, 0.2) is 0 Å². The second kappa shape index (κ2) is 7.16. The van der Waals surface area contributed by atoms with Crippen LogP contribution in [0, 0.1) is 11.6 Å². The lowest BCUT2D eigenvalue weighted by Gasteiger charge is -2.46. The maximum atomic E-state index is 14.1. The fourth-order valence-corrected chi connectivity index (χ4v) is 4.73. The summed E-state index contributed by atoms with van der Waals surface area (Å²) < 4.78 is 29.6. The van der Waals surface area contributed by atoms with Gasteiger partial charge in [0.05, 0.1) is 35.0 Å². The summed E-state index contributed by atoms with van der Waals surface area (Å²) in [7, 11) is 0. The van der Waals surface area contributed by atoms with Crippen molar-refractivity contribution in [1.82, 2.24) is 19.4 Å². The summed E-state index contributed by atoms with van der Waals surface area (Å²) in [6.45, 7) is 6.41. The van der Waals surface area contributed by atoms with E-state index < -0.39 is 11.6 Å². The van der Waals surface area contributed by atoms with E-state index in [1.54, 1.807) is 6.07 Å². The van der Waals surface area contributed by atoms with Crippen LogP contribution in [0.15, 0.2) is 42.9 Å². The lowest BCUT2D eigenvalue weighted by Crippen LogP contribution is -2.49. The highest BCUT2D eigenvalue weighted by molar-refractivity contribution is 5.66. The minimum Gasteiger partial charge on any atom is -0.371 e. The Morgan fingerprint density at radius 2 is 1.93 bits per heavy atom. The van der Waals surface area contributed by atoms with Crippen LogP contribution >= 0.6 is 0 Å². The monoisotopic (exact) mass is 409 g/mol. The number of nitrogens with one attached hydrogen (secondary N) is 1. The standard InChI is InChI=1S/C23H25F2N5/c1-15(2)22-27-13-21-23(28-19-12-26-8-5-20(19)30(21)22)6-9-29(10-7-23)14-16-3-4-17(24)11-18(16)25/h3-5,8,11-13,15,28H,6-7,9-10,14H2,1-2H3. The molecule has 0 bridgehead atoms. The smallest absolute Gasteiger partial charge is 0.130 e. The Labute approximate surface area is 174 Å². The molecule has 2 aromatic heterocycles. The van der Waals surface area contributed by atoms with Gasteiger partial charge in [-0.1, -0.05) is 19.9 Å². The molecule has 0 amide bonds. The predicted molar refractivity (Wildman–Crippen MR) is 112 cm³/mol. The average molecular weight is 409 g/mol. The quantitative estimate of drug-likeness (QED) is 0.688. The molecule has 1 saturated heterocycles. The second-order valence-corrected chi connectivity index (χ2v) is 8.60. The molecule has 0 radical (unpaired) electrons. The number of piperidine rings is 1. The van der Waals surface area contributed by atoms with Crippen LogP contribution in [0.3, 0.4) is 0 Å². The van der Waals surface area contributed by atoms with Gasteiger partial charge in [0, 0.05) is 43.4 Å². The van der Waals surface area contributed by atoms with Gasteiger partial charge < -0.3 is 5.32 Å². The topological polar surface area (TPSA) is 46.0 Å². The molecule has 2 aliphatic rings. The molecule has 0 saturated carbocycles. The molecule has 5 rings (SSSR count). The molecule has 0 aliphatic carbocycles. The molecule has 7 heteroatoms. The first kappa shape index (κ1) is 19.2. The zero-order valence-electron chi connectivity index (χ0n) is 17.2. The van der Waals surface area contributed by atoms with Crippen molar-refractivity contribution >= 4 is 5.69 Å². The fourth-order valence-electron chi connectivity index (χ4n) is 4.73. The summed E-state index contributed by atoms with van der Waals surface area (Å²) >= 11 is 0. The largest absolute Gasteiger partial charge is 0.371 e. The number of likely N-dealkylation sites (tertiary alicyclic amines) is 1. The maximum Gasteiger partial charge on any atom is 0.130 e. The number of hydrogen-bond acceptors (Lipinski definition) is 4. The third kappa shape index (κ3) is 3.08. The normalized spacial score (nSPS) is 17.6. The number of rotatable bonds is 3. The van der Waals surface area contributed by atoms with Crippen LogP contribution in [-0.4, -0.2) is 32.5 Å². The highest BCUT2D eigenvalue weighted by Crippen LogP contribution is 2.44. The van der Waals surface area contributed by atoms with Crippen LogP contribution in [0.2, 0.25) is 0 Å². The van der Waals surface area contributed by atoms with Gasteiger partial charge in [0.25, 0.3) is 0 Å². The third-order valence-electron chi connectivity index (χ3n) is 6.33. The van der Waals surface area contributed by atoms with Crippen LogP contribution < -0.4 is 5.32 Å². The van der Waals surface area contributed by atoms with Crippen molar-refractivity contribution in [2.75, 3.05) is 18.4 Å². The molecule has 30 heavy (non-hydrogen) atoms. The Kier molecular flexibility index (Phi) is 4.58. The van der Waals surface area contributed by atoms with Crippen LogP contribution in [0.25, 0.3) is 5.69 Å². The Morgan fingerprint density at radius 1 is 1.13 bits per heavy atom. The van der Waals surface area contributed by atoms with Crippen LogP contribution in [0.4, 0.5) is 14.5 Å². The maximum absolute atomic E-state index is 14.1. The number of imidazole rings is 1. The molecule has 1 fully saturated rings.